The summed E-state index contributed by atoms with van der Waals surface area (Å²) in [5.41, 5.74) is 3.19. The fourth-order valence-corrected chi connectivity index (χ4v) is 4.70. The Bertz CT molecular complexity index is 978. The number of rotatable bonds is 6. The van der Waals surface area contributed by atoms with Gasteiger partial charge in [0.15, 0.2) is 11.0 Å². The second-order valence-corrected chi connectivity index (χ2v) is 9.25. The fourth-order valence-electron chi connectivity index (χ4n) is 3.82. The molecule has 30 heavy (non-hydrogen) atoms. The van der Waals surface area contributed by atoms with Crippen LogP contribution in [0.3, 0.4) is 0 Å². The number of carbonyl (C=O) groups is 1. The smallest absolute Gasteiger partial charge is 0.233 e. The highest BCUT2D eigenvalue weighted by Crippen LogP contribution is 2.30. The second-order valence-electron chi connectivity index (χ2n) is 7.95. The number of benzene rings is 2. The van der Waals surface area contributed by atoms with Crippen LogP contribution in [0.5, 0.6) is 0 Å². The van der Waals surface area contributed by atoms with Gasteiger partial charge in [-0.2, -0.15) is 0 Å². The zero-order chi connectivity index (χ0) is 20.9. The maximum atomic E-state index is 12.8. The summed E-state index contributed by atoms with van der Waals surface area (Å²) < 4.78 is 2.05. The Hall–Kier alpha value is -2.60. The van der Waals surface area contributed by atoms with Crippen LogP contribution in [0.4, 0.5) is 0 Å². The summed E-state index contributed by atoms with van der Waals surface area (Å²) in [5.74, 6) is 0.855. The first-order valence-electron chi connectivity index (χ1n) is 10.7. The molecule has 1 heterocycles. The molecule has 2 aromatic carbocycles. The molecule has 4 rings (SSSR count). The van der Waals surface area contributed by atoms with Gasteiger partial charge >= 0.3 is 0 Å². The van der Waals surface area contributed by atoms with Gasteiger partial charge in [0, 0.05) is 17.3 Å². The first kappa shape index (κ1) is 20.7. The Morgan fingerprint density at radius 3 is 2.43 bits per heavy atom. The molecule has 1 amide bonds. The van der Waals surface area contributed by atoms with E-state index >= 15 is 0 Å². The van der Waals surface area contributed by atoms with E-state index in [1.165, 1.54) is 36.6 Å². The number of carbonyl (C=O) groups excluding carboxylic acids is 1. The fraction of sp³-hybridized carbons (Fsp3) is 0.375. The molecule has 0 aliphatic heterocycles. The van der Waals surface area contributed by atoms with Crippen molar-refractivity contribution >= 4 is 17.7 Å². The van der Waals surface area contributed by atoms with Gasteiger partial charge in [0.2, 0.25) is 5.91 Å². The van der Waals surface area contributed by atoms with Gasteiger partial charge in [0.1, 0.15) is 0 Å². The van der Waals surface area contributed by atoms with Crippen LogP contribution in [-0.2, 0) is 4.79 Å². The monoisotopic (exact) mass is 420 g/mol. The number of nitrogens with zero attached hydrogens (tertiary/aromatic N) is 3. The maximum absolute atomic E-state index is 12.8. The van der Waals surface area contributed by atoms with Crippen molar-refractivity contribution in [1.82, 2.24) is 20.1 Å². The summed E-state index contributed by atoms with van der Waals surface area (Å²) in [4.78, 5) is 12.8. The SMILES string of the molecule is Cc1ccc(-n2c(SC(C)C(=O)NC3CCCCC3)nnc2-c2ccccc2)cc1. The van der Waals surface area contributed by atoms with E-state index in [9.17, 15) is 4.79 Å². The molecule has 1 fully saturated rings. The predicted octanol–water partition coefficient (Wildman–Crippen LogP) is 5.17. The standard InChI is InChI=1S/C24H28N4OS/c1-17-13-15-21(16-14-17)28-22(19-9-5-3-6-10-19)26-27-24(28)30-18(2)23(29)25-20-11-7-4-8-12-20/h3,5-6,9-10,13-16,18,20H,4,7-8,11-12H2,1-2H3,(H,25,29). The number of hydrogen-bond acceptors (Lipinski definition) is 4. The van der Waals surface area contributed by atoms with Crippen molar-refractivity contribution in [2.45, 2.75) is 62.4 Å². The molecule has 0 spiro atoms. The van der Waals surface area contributed by atoms with Crippen LogP contribution < -0.4 is 5.32 Å². The Morgan fingerprint density at radius 1 is 1.03 bits per heavy atom. The van der Waals surface area contributed by atoms with Crippen molar-refractivity contribution < 1.29 is 4.79 Å². The van der Waals surface area contributed by atoms with Crippen LogP contribution >= 0.6 is 11.8 Å². The van der Waals surface area contributed by atoms with E-state index in [0.717, 1.165) is 35.1 Å². The zero-order valence-corrected chi connectivity index (χ0v) is 18.4. The van der Waals surface area contributed by atoms with Crippen LogP contribution in [0, 0.1) is 6.92 Å². The summed E-state index contributed by atoms with van der Waals surface area (Å²) >= 11 is 1.46. The van der Waals surface area contributed by atoms with Crippen LogP contribution in [0.15, 0.2) is 59.8 Å². The van der Waals surface area contributed by atoms with Crippen LogP contribution in [0.1, 0.15) is 44.6 Å². The molecule has 1 aromatic heterocycles. The number of amides is 1. The predicted molar refractivity (Wildman–Crippen MR) is 122 cm³/mol. The van der Waals surface area contributed by atoms with Crippen molar-refractivity contribution in [2.24, 2.45) is 0 Å². The summed E-state index contributed by atoms with van der Waals surface area (Å²) in [6.45, 7) is 4.01. The van der Waals surface area contributed by atoms with E-state index < -0.39 is 0 Å². The quantitative estimate of drug-likeness (QED) is 0.559. The summed E-state index contributed by atoms with van der Waals surface area (Å²) in [6.07, 6.45) is 5.85. The van der Waals surface area contributed by atoms with Gasteiger partial charge in [-0.1, -0.05) is 79.1 Å². The van der Waals surface area contributed by atoms with E-state index in [1.54, 1.807) is 0 Å². The summed E-state index contributed by atoms with van der Waals surface area (Å²) in [7, 11) is 0. The molecule has 1 saturated carbocycles. The molecule has 1 N–H and O–H groups in total. The molecule has 1 aliphatic rings. The first-order chi connectivity index (χ1) is 14.6. The molecule has 6 heteroatoms. The topological polar surface area (TPSA) is 59.8 Å². The molecular formula is C24H28N4OS. The van der Waals surface area contributed by atoms with E-state index in [2.05, 4.69) is 46.7 Å². The largest absolute Gasteiger partial charge is 0.352 e. The number of hydrogen-bond donors (Lipinski definition) is 1. The highest BCUT2D eigenvalue weighted by atomic mass is 32.2. The van der Waals surface area contributed by atoms with Crippen LogP contribution in [0.25, 0.3) is 17.1 Å². The number of aromatic nitrogens is 3. The second kappa shape index (κ2) is 9.47. The maximum Gasteiger partial charge on any atom is 0.233 e. The van der Waals surface area contributed by atoms with Gasteiger partial charge in [-0.3, -0.25) is 9.36 Å². The zero-order valence-electron chi connectivity index (χ0n) is 17.5. The lowest BCUT2D eigenvalue weighted by molar-refractivity contribution is -0.121. The lowest BCUT2D eigenvalue weighted by atomic mass is 9.95. The normalized spacial score (nSPS) is 15.7. The molecule has 156 valence electrons. The van der Waals surface area contributed by atoms with Crippen molar-refractivity contribution in [2.75, 3.05) is 0 Å². The minimum Gasteiger partial charge on any atom is -0.352 e. The van der Waals surface area contributed by atoms with Crippen molar-refractivity contribution in [1.29, 1.82) is 0 Å². The third-order valence-electron chi connectivity index (χ3n) is 5.56. The van der Waals surface area contributed by atoms with Gasteiger partial charge in [-0.25, -0.2) is 0 Å². The Labute approximate surface area is 182 Å². The average molecular weight is 421 g/mol. The molecule has 5 nitrogen and oxygen atoms in total. The van der Waals surface area contributed by atoms with Crippen molar-refractivity contribution in [3.63, 3.8) is 0 Å². The Balaban J connectivity index is 1.60. The van der Waals surface area contributed by atoms with E-state index in [0.29, 0.717) is 6.04 Å². The minimum absolute atomic E-state index is 0.0756. The molecule has 3 aromatic rings. The van der Waals surface area contributed by atoms with Gasteiger partial charge in [0.25, 0.3) is 0 Å². The number of thioether (sulfide) groups is 1. The first-order valence-corrected chi connectivity index (χ1v) is 11.5. The van der Waals surface area contributed by atoms with Gasteiger partial charge in [0.05, 0.1) is 5.25 Å². The number of aryl methyl sites for hydroxylation is 1. The Morgan fingerprint density at radius 2 is 1.73 bits per heavy atom. The molecule has 1 unspecified atom stereocenters. The molecule has 1 aliphatic carbocycles. The minimum atomic E-state index is -0.246. The van der Waals surface area contributed by atoms with E-state index in [4.69, 9.17) is 0 Å². The van der Waals surface area contributed by atoms with Gasteiger partial charge in [-0.05, 0) is 38.8 Å². The molecule has 0 saturated heterocycles. The van der Waals surface area contributed by atoms with E-state index in [1.807, 2.05) is 41.8 Å². The highest BCUT2D eigenvalue weighted by Gasteiger charge is 2.24. The lowest BCUT2D eigenvalue weighted by Crippen LogP contribution is -2.40. The van der Waals surface area contributed by atoms with Crippen molar-refractivity contribution in [3.8, 4) is 17.1 Å². The average Bonchev–Trinajstić information content (AvgIpc) is 3.19. The summed E-state index contributed by atoms with van der Waals surface area (Å²) in [6, 6.07) is 18.7. The Kier molecular flexibility index (Phi) is 6.53. The molecule has 0 bridgehead atoms. The van der Waals surface area contributed by atoms with Crippen molar-refractivity contribution in [3.05, 3.63) is 60.2 Å². The third kappa shape index (κ3) is 4.75. The molecule has 1 atom stereocenters. The highest BCUT2D eigenvalue weighted by molar-refractivity contribution is 8.00. The molecular weight excluding hydrogens is 392 g/mol. The van der Waals surface area contributed by atoms with Gasteiger partial charge in [-0.15, -0.1) is 10.2 Å². The lowest BCUT2D eigenvalue weighted by Gasteiger charge is -2.24. The molecule has 0 radical (unpaired) electrons. The number of nitrogens with one attached hydrogen (secondary N) is 1. The third-order valence-corrected chi connectivity index (χ3v) is 6.60. The summed E-state index contributed by atoms with van der Waals surface area (Å²) in [5, 5.41) is 12.6. The van der Waals surface area contributed by atoms with Gasteiger partial charge < -0.3 is 5.32 Å². The van der Waals surface area contributed by atoms with E-state index in [-0.39, 0.29) is 11.2 Å². The van der Waals surface area contributed by atoms with Crippen LogP contribution in [0.2, 0.25) is 0 Å². The van der Waals surface area contributed by atoms with Crippen LogP contribution in [-0.4, -0.2) is 32.0 Å².